The summed E-state index contributed by atoms with van der Waals surface area (Å²) >= 11 is 0. The third kappa shape index (κ3) is 4.26. The molecule has 3 aromatic carbocycles. The fraction of sp³-hybridized carbons (Fsp3) is 0.217. The molecule has 1 heteroatoms. The molecule has 0 atom stereocenters. The predicted octanol–water partition coefficient (Wildman–Crippen LogP) is 5.15. The van der Waals surface area contributed by atoms with Crippen LogP contribution in [0.3, 0.4) is 0 Å². The molecule has 0 bridgehead atoms. The van der Waals surface area contributed by atoms with E-state index in [1.807, 2.05) is 0 Å². The Kier molecular flexibility index (Phi) is 5.32. The van der Waals surface area contributed by atoms with Crippen LogP contribution in [0.2, 0.25) is 0 Å². The molecule has 3 aromatic rings. The van der Waals surface area contributed by atoms with Gasteiger partial charge in [0.05, 0.1) is 0 Å². The number of anilines is 1. The van der Waals surface area contributed by atoms with Crippen molar-refractivity contribution in [1.29, 1.82) is 0 Å². The van der Waals surface area contributed by atoms with E-state index < -0.39 is 0 Å². The van der Waals surface area contributed by atoms with E-state index in [4.69, 9.17) is 5.73 Å². The van der Waals surface area contributed by atoms with Crippen molar-refractivity contribution in [3.8, 4) is 0 Å². The summed E-state index contributed by atoms with van der Waals surface area (Å²) in [6, 6.07) is 25.7. The van der Waals surface area contributed by atoms with E-state index in [1.54, 1.807) is 0 Å². The van der Waals surface area contributed by atoms with Gasteiger partial charge >= 0.3 is 0 Å². The summed E-state index contributed by atoms with van der Waals surface area (Å²) in [5.41, 5.74) is 14.1. The monoisotopic (exact) mass is 315 g/mol. The van der Waals surface area contributed by atoms with Crippen molar-refractivity contribution in [2.45, 2.75) is 32.6 Å². The molecular weight excluding hydrogens is 290 g/mol. The Labute approximate surface area is 145 Å². The smallest absolute Gasteiger partial charge is 0.0379 e. The van der Waals surface area contributed by atoms with Crippen LogP contribution >= 0.6 is 0 Å². The van der Waals surface area contributed by atoms with Crippen molar-refractivity contribution >= 4 is 5.69 Å². The molecule has 0 unspecified atom stereocenters. The minimum Gasteiger partial charge on any atom is -0.398 e. The van der Waals surface area contributed by atoms with Gasteiger partial charge in [-0.2, -0.15) is 0 Å². The van der Waals surface area contributed by atoms with E-state index in [0.29, 0.717) is 0 Å². The Morgan fingerprint density at radius 1 is 0.625 bits per heavy atom. The maximum Gasteiger partial charge on any atom is 0.0379 e. The van der Waals surface area contributed by atoms with Gasteiger partial charge in [-0.05, 0) is 54.9 Å². The molecule has 0 aliphatic rings. The standard InChI is InChI=1S/C23H25N/c1-18-16-21(14-12-19-8-4-2-5-9-19)23(24)22(17-18)15-13-20-10-6-3-7-11-20/h2-11,16-17H,12-15,24H2,1H3. The zero-order chi connectivity index (χ0) is 16.8. The van der Waals surface area contributed by atoms with Gasteiger partial charge in [0.25, 0.3) is 0 Å². The Bertz CT molecular complexity index is 711. The van der Waals surface area contributed by atoms with Crippen molar-refractivity contribution in [2.75, 3.05) is 5.73 Å². The highest BCUT2D eigenvalue weighted by Crippen LogP contribution is 2.23. The molecule has 0 spiro atoms. The first-order chi connectivity index (χ1) is 11.7. The van der Waals surface area contributed by atoms with Gasteiger partial charge in [0.15, 0.2) is 0 Å². The van der Waals surface area contributed by atoms with Crippen LogP contribution < -0.4 is 5.73 Å². The maximum absolute atomic E-state index is 6.48. The van der Waals surface area contributed by atoms with Gasteiger partial charge in [-0.1, -0.05) is 78.4 Å². The Balaban J connectivity index is 1.72. The quantitative estimate of drug-likeness (QED) is 0.626. The first kappa shape index (κ1) is 16.3. The Morgan fingerprint density at radius 2 is 1.04 bits per heavy atom. The molecule has 1 nitrogen and oxygen atoms in total. The van der Waals surface area contributed by atoms with Crippen LogP contribution in [-0.2, 0) is 25.7 Å². The fourth-order valence-corrected chi connectivity index (χ4v) is 3.21. The average molecular weight is 315 g/mol. The van der Waals surface area contributed by atoms with Gasteiger partial charge in [0, 0.05) is 5.69 Å². The summed E-state index contributed by atoms with van der Waals surface area (Å²) in [6.45, 7) is 2.16. The highest BCUT2D eigenvalue weighted by atomic mass is 14.6. The lowest BCUT2D eigenvalue weighted by Gasteiger charge is -2.13. The van der Waals surface area contributed by atoms with E-state index in [9.17, 15) is 0 Å². The first-order valence-electron chi connectivity index (χ1n) is 8.68. The number of hydrogen-bond acceptors (Lipinski definition) is 1. The number of nitrogens with two attached hydrogens (primary N) is 1. The minimum atomic E-state index is 0.979. The number of aryl methyl sites for hydroxylation is 5. The van der Waals surface area contributed by atoms with E-state index in [2.05, 4.69) is 79.7 Å². The van der Waals surface area contributed by atoms with Gasteiger partial charge in [-0.15, -0.1) is 0 Å². The van der Waals surface area contributed by atoms with Gasteiger partial charge in [0.1, 0.15) is 0 Å². The van der Waals surface area contributed by atoms with Gasteiger partial charge in [-0.3, -0.25) is 0 Å². The third-order valence-electron chi connectivity index (χ3n) is 4.55. The number of rotatable bonds is 6. The molecule has 0 aliphatic heterocycles. The molecule has 122 valence electrons. The largest absolute Gasteiger partial charge is 0.398 e. The van der Waals surface area contributed by atoms with Crippen molar-refractivity contribution in [3.05, 3.63) is 101 Å². The second-order valence-electron chi connectivity index (χ2n) is 6.47. The molecule has 3 rings (SSSR count). The van der Waals surface area contributed by atoms with Crippen LogP contribution in [0.25, 0.3) is 0 Å². The van der Waals surface area contributed by atoms with Crippen LogP contribution in [0.1, 0.15) is 27.8 Å². The molecule has 0 heterocycles. The summed E-state index contributed by atoms with van der Waals surface area (Å²) in [6.07, 6.45) is 4.06. The molecule has 0 fully saturated rings. The molecule has 0 saturated heterocycles. The summed E-state index contributed by atoms with van der Waals surface area (Å²) in [7, 11) is 0. The van der Waals surface area contributed by atoms with Gasteiger partial charge in [-0.25, -0.2) is 0 Å². The van der Waals surface area contributed by atoms with Crippen LogP contribution in [-0.4, -0.2) is 0 Å². The minimum absolute atomic E-state index is 0.979. The van der Waals surface area contributed by atoms with E-state index in [-0.39, 0.29) is 0 Å². The maximum atomic E-state index is 6.48. The summed E-state index contributed by atoms with van der Waals surface area (Å²) in [4.78, 5) is 0. The first-order valence-corrected chi connectivity index (χ1v) is 8.68. The third-order valence-corrected chi connectivity index (χ3v) is 4.55. The molecule has 24 heavy (non-hydrogen) atoms. The number of hydrogen-bond donors (Lipinski definition) is 1. The zero-order valence-corrected chi connectivity index (χ0v) is 14.3. The van der Waals surface area contributed by atoms with Gasteiger partial charge in [0.2, 0.25) is 0 Å². The number of benzene rings is 3. The molecular formula is C23H25N. The van der Waals surface area contributed by atoms with Crippen LogP contribution in [0.15, 0.2) is 72.8 Å². The lowest BCUT2D eigenvalue weighted by Crippen LogP contribution is -2.04. The fourth-order valence-electron chi connectivity index (χ4n) is 3.21. The zero-order valence-electron chi connectivity index (χ0n) is 14.3. The van der Waals surface area contributed by atoms with Crippen molar-refractivity contribution in [2.24, 2.45) is 0 Å². The normalized spacial score (nSPS) is 10.7. The van der Waals surface area contributed by atoms with Crippen molar-refractivity contribution in [1.82, 2.24) is 0 Å². The van der Waals surface area contributed by atoms with Crippen LogP contribution in [0.5, 0.6) is 0 Å². The molecule has 0 aromatic heterocycles. The molecule has 0 amide bonds. The van der Waals surface area contributed by atoms with Crippen LogP contribution in [0, 0.1) is 6.92 Å². The lowest BCUT2D eigenvalue weighted by molar-refractivity contribution is 0.932. The lowest BCUT2D eigenvalue weighted by atomic mass is 9.95. The second-order valence-corrected chi connectivity index (χ2v) is 6.47. The van der Waals surface area contributed by atoms with Crippen molar-refractivity contribution in [3.63, 3.8) is 0 Å². The summed E-state index contributed by atoms with van der Waals surface area (Å²) < 4.78 is 0. The Morgan fingerprint density at radius 3 is 1.46 bits per heavy atom. The SMILES string of the molecule is Cc1cc(CCc2ccccc2)c(N)c(CCc2ccccc2)c1. The topological polar surface area (TPSA) is 26.0 Å². The van der Waals surface area contributed by atoms with Crippen molar-refractivity contribution < 1.29 is 0 Å². The van der Waals surface area contributed by atoms with E-state index in [0.717, 1.165) is 31.4 Å². The Hall–Kier alpha value is -2.54. The number of nitrogen functional groups attached to an aromatic ring is 1. The predicted molar refractivity (Wildman–Crippen MR) is 103 cm³/mol. The summed E-state index contributed by atoms with van der Waals surface area (Å²) in [5, 5.41) is 0. The molecule has 0 saturated carbocycles. The summed E-state index contributed by atoms with van der Waals surface area (Å²) in [5.74, 6) is 0. The van der Waals surface area contributed by atoms with E-state index >= 15 is 0 Å². The molecule has 2 N–H and O–H groups in total. The van der Waals surface area contributed by atoms with Gasteiger partial charge < -0.3 is 5.73 Å². The molecule has 0 radical (unpaired) electrons. The second kappa shape index (κ2) is 7.83. The molecule has 0 aliphatic carbocycles. The highest BCUT2D eigenvalue weighted by molar-refractivity contribution is 5.56. The van der Waals surface area contributed by atoms with Crippen LogP contribution in [0.4, 0.5) is 5.69 Å². The highest BCUT2D eigenvalue weighted by Gasteiger charge is 2.08. The van der Waals surface area contributed by atoms with E-state index in [1.165, 1.54) is 27.8 Å². The average Bonchev–Trinajstić information content (AvgIpc) is 2.62.